The van der Waals surface area contributed by atoms with Gasteiger partial charge in [0.15, 0.2) is 0 Å². The molecule has 3 aromatic rings. The third-order valence-corrected chi connectivity index (χ3v) is 23.9. The number of rotatable bonds is 5. The molecule has 3 aromatic carbocycles. The molecule has 0 amide bonds. The molecular formula is C35H38Cl2SiZr. The van der Waals surface area contributed by atoms with Crippen LogP contribution in [0.2, 0.25) is 18.6 Å². The molecule has 6 rings (SSSR count). The van der Waals surface area contributed by atoms with Gasteiger partial charge in [0, 0.05) is 0 Å². The van der Waals surface area contributed by atoms with Gasteiger partial charge < -0.3 is 24.8 Å². The summed E-state index contributed by atoms with van der Waals surface area (Å²) in [7, 11) is 0. The minimum atomic E-state index is -1.40. The van der Waals surface area contributed by atoms with Gasteiger partial charge in [0.25, 0.3) is 0 Å². The molecule has 0 nitrogen and oxygen atoms in total. The third kappa shape index (κ3) is 5.21. The van der Waals surface area contributed by atoms with Crippen molar-refractivity contribution in [3.8, 4) is 22.3 Å². The van der Waals surface area contributed by atoms with Gasteiger partial charge in [0.2, 0.25) is 0 Å². The maximum absolute atomic E-state index is 2.72. The predicted molar refractivity (Wildman–Crippen MR) is 159 cm³/mol. The second kappa shape index (κ2) is 11.8. The van der Waals surface area contributed by atoms with Crippen molar-refractivity contribution in [1.29, 1.82) is 0 Å². The van der Waals surface area contributed by atoms with Crippen molar-refractivity contribution >= 4 is 11.3 Å². The molecular weight excluding hydrogens is 611 g/mol. The zero-order valence-corrected chi connectivity index (χ0v) is 28.9. The maximum Gasteiger partial charge on any atom is -1.00 e. The standard InChI is InChI=1S/C24H19.C11H19Si.2ClH.Zr/c1-2-8-17(9-3-1)20-12-4-5-13-23(20)24-21-14-6-10-18(21)16-19-11-7-15-22(19)24;1-7-8(2)10(4)11(9(7)3)12(5)6;;;/h1-6,8-10,12-14,16H,7,11,15H2;11H,1-6H3;2*1H;/q;;;;+2/p-2. The smallest absolute Gasteiger partial charge is 1.00 e. The van der Waals surface area contributed by atoms with E-state index < -0.39 is 27.6 Å². The average molecular weight is 649 g/mol. The molecule has 0 N–H and O–H groups in total. The molecule has 0 bridgehead atoms. The number of halogens is 2. The fraction of sp³-hybridized carbons (Fsp3) is 0.314. The Bertz CT molecular complexity index is 1470. The molecule has 3 aliphatic rings. The van der Waals surface area contributed by atoms with E-state index in [1.807, 2.05) is 0 Å². The first kappa shape index (κ1) is 30.5. The summed E-state index contributed by atoms with van der Waals surface area (Å²) in [5, 5.41) is -1.40. The molecule has 0 saturated carbocycles. The van der Waals surface area contributed by atoms with Gasteiger partial charge in [-0.15, -0.1) is 0 Å². The first-order chi connectivity index (χ1) is 17.8. The van der Waals surface area contributed by atoms with Crippen molar-refractivity contribution in [3.05, 3.63) is 111 Å². The van der Waals surface area contributed by atoms with E-state index in [0.717, 1.165) is 5.54 Å². The molecule has 0 fully saturated rings. The summed E-state index contributed by atoms with van der Waals surface area (Å²) < 4.78 is 0.704. The fourth-order valence-corrected chi connectivity index (χ4v) is 24.3. The van der Waals surface area contributed by atoms with Crippen LogP contribution in [0.1, 0.15) is 60.0 Å². The van der Waals surface area contributed by atoms with Gasteiger partial charge >= 0.3 is 236 Å². The van der Waals surface area contributed by atoms with Crippen LogP contribution in [0.15, 0.2) is 89.0 Å². The molecule has 39 heavy (non-hydrogen) atoms. The van der Waals surface area contributed by atoms with Crippen molar-refractivity contribution < 1.29 is 47.2 Å². The summed E-state index contributed by atoms with van der Waals surface area (Å²) in [6.07, 6.45) is 8.91. The Morgan fingerprint density at radius 3 is 2.05 bits per heavy atom. The number of hydrogen-bond donors (Lipinski definition) is 0. The average Bonchev–Trinajstić information content (AvgIpc) is 3.58. The molecule has 0 radical (unpaired) electrons. The molecule has 0 aromatic heterocycles. The van der Waals surface area contributed by atoms with Crippen LogP contribution in [0.5, 0.6) is 0 Å². The summed E-state index contributed by atoms with van der Waals surface area (Å²) in [6.45, 7) is 15.0. The molecule has 3 aliphatic carbocycles. The van der Waals surface area contributed by atoms with E-state index in [9.17, 15) is 0 Å². The predicted octanol–water partition coefficient (Wildman–Crippen LogP) is 3.93. The number of hydrogen-bond acceptors (Lipinski definition) is 0. The van der Waals surface area contributed by atoms with E-state index in [-0.39, 0.29) is 24.8 Å². The Morgan fingerprint density at radius 1 is 0.769 bits per heavy atom. The Labute approximate surface area is 259 Å². The van der Waals surface area contributed by atoms with E-state index in [1.165, 1.54) is 41.5 Å². The van der Waals surface area contributed by atoms with E-state index in [1.54, 1.807) is 44.5 Å². The van der Waals surface area contributed by atoms with Gasteiger partial charge in [-0.05, 0) is 0 Å². The molecule has 1 unspecified atom stereocenters. The normalized spacial score (nSPS) is 18.1. The summed E-state index contributed by atoms with van der Waals surface area (Å²) in [5.41, 5.74) is 19.4. The monoisotopic (exact) mass is 646 g/mol. The largest absolute Gasteiger partial charge is 1.00 e. The Hall–Kier alpha value is -1.44. The third-order valence-electron chi connectivity index (χ3n) is 9.40. The van der Waals surface area contributed by atoms with Crippen LogP contribution in [-0.4, -0.2) is 5.20 Å². The second-order valence-corrected chi connectivity index (χ2v) is 29.4. The number of allylic oxidation sites excluding steroid dienone is 5. The minimum Gasteiger partial charge on any atom is -1.00 e. The van der Waals surface area contributed by atoms with Gasteiger partial charge in [-0.1, -0.05) is 0 Å². The topological polar surface area (TPSA) is 0 Å². The van der Waals surface area contributed by atoms with Crippen LogP contribution in [0.25, 0.3) is 28.3 Å². The van der Waals surface area contributed by atoms with Gasteiger partial charge in [-0.2, -0.15) is 0 Å². The van der Waals surface area contributed by atoms with Gasteiger partial charge in [0.05, 0.1) is 0 Å². The van der Waals surface area contributed by atoms with Gasteiger partial charge in [-0.3, -0.25) is 0 Å². The zero-order valence-electron chi connectivity index (χ0n) is 24.0. The van der Waals surface area contributed by atoms with Crippen molar-refractivity contribution in [2.45, 2.75) is 69.2 Å². The van der Waals surface area contributed by atoms with Crippen LogP contribution in [0.3, 0.4) is 0 Å². The van der Waals surface area contributed by atoms with Crippen LogP contribution in [0, 0.1) is 0 Å². The van der Waals surface area contributed by atoms with Crippen molar-refractivity contribution in [3.63, 3.8) is 0 Å². The van der Waals surface area contributed by atoms with Crippen LogP contribution in [-0.2, 0) is 35.2 Å². The Balaban J connectivity index is 0.00000176. The minimum absolute atomic E-state index is 0. The Kier molecular flexibility index (Phi) is 9.24. The van der Waals surface area contributed by atoms with E-state index in [4.69, 9.17) is 0 Å². The van der Waals surface area contributed by atoms with E-state index >= 15 is 0 Å². The molecule has 4 heteroatoms. The first-order valence-electron chi connectivity index (χ1n) is 13.9. The molecule has 1 atom stereocenters. The zero-order chi connectivity index (χ0) is 25.9. The summed E-state index contributed by atoms with van der Waals surface area (Å²) in [5.74, 6) is 0. The summed E-state index contributed by atoms with van der Waals surface area (Å²) >= 11 is -0.685. The van der Waals surface area contributed by atoms with Gasteiger partial charge in [0.1, 0.15) is 0 Å². The molecule has 200 valence electrons. The van der Waals surface area contributed by atoms with Crippen LogP contribution in [0.4, 0.5) is 0 Å². The van der Waals surface area contributed by atoms with Crippen LogP contribution >= 0.6 is 0 Å². The summed E-state index contributed by atoms with van der Waals surface area (Å²) in [4.78, 5) is 0. The number of aryl methyl sites for hydroxylation is 1. The Morgan fingerprint density at radius 2 is 1.38 bits per heavy atom. The second-order valence-electron chi connectivity index (χ2n) is 11.9. The number of fused-ring (bicyclic) bond motifs is 2. The first-order valence-corrected chi connectivity index (χ1v) is 22.1. The quantitative estimate of drug-likeness (QED) is 0.368. The van der Waals surface area contributed by atoms with Crippen molar-refractivity contribution in [2.24, 2.45) is 0 Å². The molecule has 0 aliphatic heterocycles. The molecule has 0 saturated heterocycles. The van der Waals surface area contributed by atoms with Crippen LogP contribution < -0.4 is 24.8 Å². The fourth-order valence-electron chi connectivity index (χ4n) is 7.44. The van der Waals surface area contributed by atoms with Gasteiger partial charge in [-0.25, -0.2) is 0 Å². The summed E-state index contributed by atoms with van der Waals surface area (Å²) in [6, 6.07) is 22.8. The molecule has 0 spiro atoms. The maximum atomic E-state index is 2.72. The SMILES string of the molecule is CC1=C(C)C([Si](C)(C)[Zr+2][CH]2C=Cc3c2cc2c(c3-c3ccccc3-c3ccccc3)CCC2)C(C)=C1C.[Cl-].[Cl-]. The van der Waals surface area contributed by atoms with E-state index in [2.05, 4.69) is 114 Å². The molecule has 0 heterocycles. The van der Waals surface area contributed by atoms with Crippen molar-refractivity contribution in [1.82, 2.24) is 0 Å². The van der Waals surface area contributed by atoms with E-state index in [0.29, 0.717) is 3.63 Å². The number of benzene rings is 3. The van der Waals surface area contributed by atoms with Crippen molar-refractivity contribution in [2.75, 3.05) is 0 Å².